The maximum absolute atomic E-state index is 13.0. The Balaban J connectivity index is 1.53. The average Bonchev–Trinajstić information content (AvgIpc) is 3.33. The van der Waals surface area contributed by atoms with Crippen molar-refractivity contribution in [2.45, 2.75) is 26.8 Å². The minimum Gasteiger partial charge on any atom is -0.396 e. The molecule has 2 aromatic rings. The van der Waals surface area contributed by atoms with E-state index in [1.165, 1.54) is 0 Å². The summed E-state index contributed by atoms with van der Waals surface area (Å²) in [5.41, 5.74) is 2.10. The van der Waals surface area contributed by atoms with Crippen LogP contribution in [0.1, 0.15) is 30.6 Å². The van der Waals surface area contributed by atoms with Gasteiger partial charge in [-0.2, -0.15) is 0 Å². The Morgan fingerprint density at radius 2 is 1.85 bits per heavy atom. The molecule has 2 aromatic heterocycles. The SMILES string of the molecule is CC(C)Cn1cnc2cc(C(=O)N3C[C@@H]4[C@H](CO)C[C@H](CO)[C@@H]4C3)cnc21. The zero-order valence-electron chi connectivity index (χ0n) is 16.0. The molecule has 1 saturated heterocycles. The smallest absolute Gasteiger partial charge is 0.255 e. The molecule has 4 atom stereocenters. The van der Waals surface area contributed by atoms with Crippen LogP contribution in [0.15, 0.2) is 18.6 Å². The first-order chi connectivity index (χ1) is 13.0. The quantitative estimate of drug-likeness (QED) is 0.828. The van der Waals surface area contributed by atoms with Crippen LogP contribution in [0.4, 0.5) is 0 Å². The highest BCUT2D eigenvalue weighted by Crippen LogP contribution is 2.46. The number of rotatable bonds is 5. The number of aliphatic hydroxyl groups is 2. The fourth-order valence-electron chi connectivity index (χ4n) is 4.95. The molecule has 0 radical (unpaired) electrons. The third-order valence-electron chi connectivity index (χ3n) is 6.25. The van der Waals surface area contributed by atoms with Gasteiger partial charge in [-0.25, -0.2) is 9.97 Å². The number of imidazole rings is 1. The number of aliphatic hydroxyl groups excluding tert-OH is 2. The monoisotopic (exact) mass is 372 g/mol. The molecule has 0 unspecified atom stereocenters. The van der Waals surface area contributed by atoms with Gasteiger partial charge in [-0.1, -0.05) is 13.8 Å². The molecule has 3 heterocycles. The molecule has 1 aliphatic heterocycles. The predicted octanol–water partition coefficient (Wildman–Crippen LogP) is 1.40. The Kier molecular flexibility index (Phi) is 4.90. The van der Waals surface area contributed by atoms with Gasteiger partial charge in [0, 0.05) is 39.0 Å². The van der Waals surface area contributed by atoms with E-state index in [2.05, 4.69) is 23.8 Å². The van der Waals surface area contributed by atoms with E-state index in [0.717, 1.165) is 24.1 Å². The lowest BCUT2D eigenvalue weighted by atomic mass is 9.91. The standard InChI is InChI=1S/C20H28N4O3/c1-12(2)6-24-11-22-18-4-13(5-21-19(18)24)20(27)23-7-16-14(9-25)3-15(10-26)17(16)8-23/h4-5,11-12,14-17,25-26H,3,6-10H2,1-2H3/t14-,15+,16+,17-. The van der Waals surface area contributed by atoms with Crippen LogP contribution in [0.5, 0.6) is 0 Å². The predicted molar refractivity (Wildman–Crippen MR) is 101 cm³/mol. The summed E-state index contributed by atoms with van der Waals surface area (Å²) >= 11 is 0. The first kappa shape index (κ1) is 18.4. The summed E-state index contributed by atoms with van der Waals surface area (Å²) in [7, 11) is 0. The van der Waals surface area contributed by atoms with Gasteiger partial charge < -0.3 is 19.7 Å². The van der Waals surface area contributed by atoms with Gasteiger partial charge in [0.15, 0.2) is 5.65 Å². The molecule has 2 aliphatic rings. The lowest BCUT2D eigenvalue weighted by Crippen LogP contribution is -2.31. The zero-order valence-corrected chi connectivity index (χ0v) is 16.0. The van der Waals surface area contributed by atoms with E-state index >= 15 is 0 Å². The summed E-state index contributed by atoms with van der Waals surface area (Å²) in [4.78, 5) is 23.8. The van der Waals surface area contributed by atoms with Crippen molar-refractivity contribution in [2.24, 2.45) is 29.6 Å². The van der Waals surface area contributed by atoms with Crippen molar-refractivity contribution >= 4 is 17.1 Å². The highest BCUT2D eigenvalue weighted by molar-refractivity contribution is 5.96. The first-order valence-corrected chi connectivity index (χ1v) is 9.83. The van der Waals surface area contributed by atoms with Gasteiger partial charge in [-0.15, -0.1) is 0 Å². The average molecular weight is 372 g/mol. The lowest BCUT2D eigenvalue weighted by molar-refractivity contribution is 0.0758. The number of amides is 1. The molecule has 2 N–H and O–H groups in total. The second kappa shape index (κ2) is 7.20. The van der Waals surface area contributed by atoms with Gasteiger partial charge in [0.25, 0.3) is 5.91 Å². The largest absolute Gasteiger partial charge is 0.396 e. The maximum Gasteiger partial charge on any atom is 0.255 e. The van der Waals surface area contributed by atoms with Crippen LogP contribution in [0.2, 0.25) is 0 Å². The van der Waals surface area contributed by atoms with Crippen LogP contribution >= 0.6 is 0 Å². The van der Waals surface area contributed by atoms with Crippen LogP contribution in [0.25, 0.3) is 11.2 Å². The first-order valence-electron chi connectivity index (χ1n) is 9.83. The molecule has 7 heteroatoms. The fraction of sp³-hybridized carbons (Fsp3) is 0.650. The van der Waals surface area contributed by atoms with Gasteiger partial charge in [-0.3, -0.25) is 4.79 Å². The Bertz CT molecular complexity index is 816. The number of aromatic nitrogens is 3. The number of pyridine rings is 1. The van der Waals surface area contributed by atoms with Gasteiger partial charge >= 0.3 is 0 Å². The number of nitrogens with zero attached hydrogens (tertiary/aromatic N) is 4. The molecule has 7 nitrogen and oxygen atoms in total. The lowest BCUT2D eigenvalue weighted by Gasteiger charge is -2.21. The summed E-state index contributed by atoms with van der Waals surface area (Å²) < 4.78 is 2.02. The van der Waals surface area contributed by atoms with Gasteiger partial charge in [0.05, 0.1) is 11.9 Å². The third-order valence-corrected chi connectivity index (χ3v) is 6.25. The molecule has 0 bridgehead atoms. The van der Waals surface area contributed by atoms with Crippen LogP contribution < -0.4 is 0 Å². The van der Waals surface area contributed by atoms with E-state index in [0.29, 0.717) is 24.6 Å². The highest BCUT2D eigenvalue weighted by Gasteiger charge is 2.48. The topological polar surface area (TPSA) is 91.5 Å². The number of carbonyl (C=O) groups is 1. The zero-order chi connectivity index (χ0) is 19.1. The highest BCUT2D eigenvalue weighted by atomic mass is 16.3. The molecular formula is C20H28N4O3. The van der Waals surface area contributed by atoms with Crippen LogP contribution in [0.3, 0.4) is 0 Å². The minimum atomic E-state index is -0.0365. The van der Waals surface area contributed by atoms with Gasteiger partial charge in [0.2, 0.25) is 0 Å². The second-order valence-electron chi connectivity index (χ2n) is 8.52. The minimum absolute atomic E-state index is 0.0365. The molecule has 2 fully saturated rings. The summed E-state index contributed by atoms with van der Waals surface area (Å²) in [6.45, 7) is 6.68. The molecule has 0 spiro atoms. The van der Waals surface area contributed by atoms with Gasteiger partial charge in [-0.05, 0) is 42.1 Å². The third kappa shape index (κ3) is 3.23. The Labute approximate surface area is 159 Å². The second-order valence-corrected chi connectivity index (χ2v) is 8.52. The number of fused-ring (bicyclic) bond motifs is 2. The number of likely N-dealkylation sites (tertiary alicyclic amines) is 1. The molecule has 27 heavy (non-hydrogen) atoms. The van der Waals surface area contributed by atoms with Crippen molar-refractivity contribution in [1.82, 2.24) is 19.4 Å². The summed E-state index contributed by atoms with van der Waals surface area (Å²) in [5, 5.41) is 19.3. The summed E-state index contributed by atoms with van der Waals surface area (Å²) in [6, 6.07) is 1.82. The Morgan fingerprint density at radius 1 is 1.19 bits per heavy atom. The normalized spacial score (nSPS) is 27.7. The Morgan fingerprint density at radius 3 is 2.44 bits per heavy atom. The molecule has 4 rings (SSSR count). The molecule has 0 aromatic carbocycles. The van der Waals surface area contributed by atoms with Crippen LogP contribution in [-0.4, -0.2) is 61.9 Å². The summed E-state index contributed by atoms with van der Waals surface area (Å²) in [5.74, 6) is 1.37. The summed E-state index contributed by atoms with van der Waals surface area (Å²) in [6.07, 6.45) is 4.28. The molecule has 1 aliphatic carbocycles. The Hall–Kier alpha value is -1.99. The van der Waals surface area contributed by atoms with Crippen molar-refractivity contribution in [1.29, 1.82) is 0 Å². The number of hydrogen-bond acceptors (Lipinski definition) is 5. The maximum atomic E-state index is 13.0. The molecule has 1 amide bonds. The van der Waals surface area contributed by atoms with E-state index in [-0.39, 0.29) is 42.8 Å². The fourth-order valence-corrected chi connectivity index (χ4v) is 4.95. The van der Waals surface area contributed by atoms with Gasteiger partial charge in [0.1, 0.15) is 5.52 Å². The molecule has 1 saturated carbocycles. The van der Waals surface area contributed by atoms with Crippen molar-refractivity contribution in [2.75, 3.05) is 26.3 Å². The van der Waals surface area contributed by atoms with Crippen LogP contribution in [-0.2, 0) is 6.54 Å². The van der Waals surface area contributed by atoms with E-state index in [9.17, 15) is 15.0 Å². The molecular weight excluding hydrogens is 344 g/mol. The molecule has 146 valence electrons. The van der Waals surface area contributed by atoms with Crippen molar-refractivity contribution in [3.8, 4) is 0 Å². The van der Waals surface area contributed by atoms with E-state index in [1.807, 2.05) is 15.5 Å². The van der Waals surface area contributed by atoms with E-state index in [1.54, 1.807) is 12.5 Å². The van der Waals surface area contributed by atoms with E-state index in [4.69, 9.17) is 0 Å². The number of hydrogen-bond donors (Lipinski definition) is 2. The van der Waals surface area contributed by atoms with E-state index < -0.39 is 0 Å². The van der Waals surface area contributed by atoms with Crippen molar-refractivity contribution < 1.29 is 15.0 Å². The number of carbonyl (C=O) groups excluding carboxylic acids is 1. The van der Waals surface area contributed by atoms with Crippen molar-refractivity contribution in [3.63, 3.8) is 0 Å². The van der Waals surface area contributed by atoms with Crippen LogP contribution in [0, 0.1) is 29.6 Å². The van der Waals surface area contributed by atoms with Crippen molar-refractivity contribution in [3.05, 3.63) is 24.2 Å².